The fourth-order valence-electron chi connectivity index (χ4n) is 3.48. The zero-order valence-corrected chi connectivity index (χ0v) is 13.2. The molecule has 1 aliphatic carbocycles. The maximum absolute atomic E-state index is 9.44. The third-order valence-corrected chi connectivity index (χ3v) is 5.08. The van der Waals surface area contributed by atoms with Gasteiger partial charge in [0.25, 0.3) is 0 Å². The summed E-state index contributed by atoms with van der Waals surface area (Å²) in [5.41, 5.74) is -0.349. The van der Waals surface area contributed by atoms with Crippen molar-refractivity contribution in [3.8, 4) is 6.07 Å². The first-order chi connectivity index (χ1) is 10.2. The van der Waals surface area contributed by atoms with Gasteiger partial charge in [0.2, 0.25) is 0 Å². The lowest BCUT2D eigenvalue weighted by Gasteiger charge is -2.32. The number of nitrogens with one attached hydrogen (secondary N) is 1. The van der Waals surface area contributed by atoms with Crippen molar-refractivity contribution in [2.24, 2.45) is 0 Å². The van der Waals surface area contributed by atoms with Crippen LogP contribution in [0.1, 0.15) is 32.6 Å². The van der Waals surface area contributed by atoms with E-state index >= 15 is 0 Å². The Morgan fingerprint density at radius 1 is 1.24 bits per heavy atom. The van der Waals surface area contributed by atoms with Crippen LogP contribution < -0.4 is 5.32 Å². The highest BCUT2D eigenvalue weighted by Gasteiger charge is 2.34. The molecular weight excluding hydrogens is 264 g/mol. The number of hydrogen-bond donors (Lipinski definition) is 1. The number of nitrogens with zero attached hydrogens (tertiary/aromatic N) is 3. The maximum atomic E-state index is 9.44. The molecule has 0 spiro atoms. The van der Waals surface area contributed by atoms with Crippen molar-refractivity contribution >= 4 is 0 Å². The molecule has 2 atom stereocenters. The van der Waals surface area contributed by atoms with Gasteiger partial charge in [-0.2, -0.15) is 5.26 Å². The molecule has 118 valence electrons. The third kappa shape index (κ3) is 4.17. The van der Waals surface area contributed by atoms with E-state index in [1.807, 2.05) is 0 Å². The fraction of sp³-hybridized carbons (Fsp3) is 0.938. The van der Waals surface area contributed by atoms with Gasteiger partial charge in [-0.3, -0.25) is 10.2 Å². The third-order valence-electron chi connectivity index (χ3n) is 5.08. The summed E-state index contributed by atoms with van der Waals surface area (Å²) in [6.45, 7) is 9.35. The zero-order chi connectivity index (χ0) is 14.7. The van der Waals surface area contributed by atoms with Crippen LogP contribution in [-0.2, 0) is 4.74 Å². The summed E-state index contributed by atoms with van der Waals surface area (Å²) in [7, 11) is 0. The fourth-order valence-corrected chi connectivity index (χ4v) is 3.48. The van der Waals surface area contributed by atoms with E-state index in [-0.39, 0.29) is 5.54 Å². The second-order valence-corrected chi connectivity index (χ2v) is 7.00. The van der Waals surface area contributed by atoms with Gasteiger partial charge in [-0.15, -0.1) is 0 Å². The predicted octanol–water partition coefficient (Wildman–Crippen LogP) is 0.817. The van der Waals surface area contributed by atoms with Gasteiger partial charge in [0.05, 0.1) is 19.3 Å². The van der Waals surface area contributed by atoms with Gasteiger partial charge in [0.1, 0.15) is 5.54 Å². The Morgan fingerprint density at radius 3 is 2.67 bits per heavy atom. The normalized spacial score (nSPS) is 31.0. The van der Waals surface area contributed by atoms with Crippen molar-refractivity contribution in [1.29, 1.82) is 5.26 Å². The molecule has 5 nitrogen and oxygen atoms in total. The van der Waals surface area contributed by atoms with Crippen molar-refractivity contribution in [2.45, 2.75) is 50.2 Å². The molecule has 0 aromatic carbocycles. The minimum absolute atomic E-state index is 0.349. The second kappa shape index (κ2) is 6.62. The van der Waals surface area contributed by atoms with Crippen LogP contribution in [0, 0.1) is 11.3 Å². The van der Waals surface area contributed by atoms with Crippen molar-refractivity contribution in [2.75, 3.05) is 45.9 Å². The minimum Gasteiger partial charge on any atom is -0.379 e. The van der Waals surface area contributed by atoms with Crippen LogP contribution in [0.15, 0.2) is 0 Å². The lowest BCUT2D eigenvalue weighted by molar-refractivity contribution is 0.0184. The van der Waals surface area contributed by atoms with E-state index in [9.17, 15) is 5.26 Å². The number of likely N-dealkylation sites (tertiary alicyclic amines) is 1. The van der Waals surface area contributed by atoms with Crippen LogP contribution in [0.2, 0.25) is 0 Å². The first-order valence-corrected chi connectivity index (χ1v) is 8.42. The largest absolute Gasteiger partial charge is 0.379 e. The van der Waals surface area contributed by atoms with Gasteiger partial charge < -0.3 is 9.64 Å². The molecule has 3 aliphatic rings. The lowest BCUT2D eigenvalue weighted by atomic mass is 9.99. The highest BCUT2D eigenvalue weighted by atomic mass is 16.5. The Labute approximate surface area is 128 Å². The van der Waals surface area contributed by atoms with Crippen LogP contribution in [0.4, 0.5) is 0 Å². The Morgan fingerprint density at radius 2 is 2.00 bits per heavy atom. The van der Waals surface area contributed by atoms with E-state index in [1.165, 1.54) is 25.8 Å². The molecular formula is C16H28N4O. The molecule has 2 aliphatic heterocycles. The van der Waals surface area contributed by atoms with Gasteiger partial charge >= 0.3 is 0 Å². The van der Waals surface area contributed by atoms with Gasteiger partial charge in [-0.1, -0.05) is 0 Å². The van der Waals surface area contributed by atoms with E-state index in [0.29, 0.717) is 12.1 Å². The van der Waals surface area contributed by atoms with E-state index in [2.05, 4.69) is 28.1 Å². The second-order valence-electron chi connectivity index (χ2n) is 7.00. The van der Waals surface area contributed by atoms with Crippen molar-refractivity contribution in [3.05, 3.63) is 0 Å². The summed E-state index contributed by atoms with van der Waals surface area (Å²) >= 11 is 0. The Bertz CT molecular complexity index is 386. The first-order valence-electron chi connectivity index (χ1n) is 8.42. The Kier molecular flexibility index (Phi) is 4.80. The van der Waals surface area contributed by atoms with E-state index in [4.69, 9.17) is 4.74 Å². The summed E-state index contributed by atoms with van der Waals surface area (Å²) in [5, 5.41) is 12.9. The van der Waals surface area contributed by atoms with Gasteiger partial charge in [-0.25, -0.2) is 0 Å². The molecule has 2 unspecified atom stereocenters. The van der Waals surface area contributed by atoms with Crippen LogP contribution in [0.25, 0.3) is 0 Å². The van der Waals surface area contributed by atoms with E-state index in [1.54, 1.807) is 0 Å². The summed E-state index contributed by atoms with van der Waals surface area (Å²) < 4.78 is 5.44. The zero-order valence-electron chi connectivity index (χ0n) is 13.2. The average Bonchev–Trinajstić information content (AvgIpc) is 3.19. The molecule has 0 aromatic heterocycles. The summed E-state index contributed by atoms with van der Waals surface area (Å²) in [4.78, 5) is 5.11. The molecule has 2 heterocycles. The number of rotatable bonds is 6. The lowest BCUT2D eigenvalue weighted by Crippen LogP contribution is -2.46. The molecule has 1 saturated carbocycles. The van der Waals surface area contributed by atoms with Crippen molar-refractivity contribution < 1.29 is 4.74 Å². The van der Waals surface area contributed by atoms with Crippen LogP contribution >= 0.6 is 0 Å². The predicted molar refractivity (Wildman–Crippen MR) is 82.0 cm³/mol. The molecule has 0 bridgehead atoms. The minimum atomic E-state index is -0.349. The van der Waals surface area contributed by atoms with Gasteiger partial charge in [0, 0.05) is 38.3 Å². The van der Waals surface area contributed by atoms with E-state index in [0.717, 1.165) is 45.8 Å². The summed E-state index contributed by atoms with van der Waals surface area (Å²) in [5.74, 6) is 0. The highest BCUT2D eigenvalue weighted by molar-refractivity contribution is 5.07. The molecule has 2 saturated heterocycles. The highest BCUT2D eigenvalue weighted by Crippen LogP contribution is 2.24. The molecule has 21 heavy (non-hydrogen) atoms. The molecule has 3 rings (SSSR count). The molecule has 0 aromatic rings. The molecule has 0 amide bonds. The topological polar surface area (TPSA) is 51.5 Å². The maximum Gasteiger partial charge on any atom is 0.105 e. The van der Waals surface area contributed by atoms with Crippen LogP contribution in [0.3, 0.4) is 0 Å². The van der Waals surface area contributed by atoms with Gasteiger partial charge in [0.15, 0.2) is 0 Å². The first kappa shape index (κ1) is 15.2. The Hall–Kier alpha value is -0.670. The average molecular weight is 292 g/mol. The number of ether oxygens (including phenoxy) is 1. The molecule has 0 radical (unpaired) electrons. The van der Waals surface area contributed by atoms with Crippen LogP contribution in [-0.4, -0.2) is 73.4 Å². The number of nitriles is 1. The smallest absolute Gasteiger partial charge is 0.105 e. The monoisotopic (exact) mass is 292 g/mol. The van der Waals surface area contributed by atoms with Crippen molar-refractivity contribution in [3.63, 3.8) is 0 Å². The molecule has 1 N–H and O–H groups in total. The van der Waals surface area contributed by atoms with Crippen molar-refractivity contribution in [1.82, 2.24) is 15.1 Å². The summed E-state index contributed by atoms with van der Waals surface area (Å²) in [6, 6.07) is 3.77. The standard InChI is InChI=1S/C16H28N4O/c1-16(13-17,18-14-2-3-14)5-7-19-6-4-15(12-19)20-8-10-21-11-9-20/h14-15,18H,2-12H2,1H3. The Balaban J connectivity index is 1.42. The molecule has 5 heteroatoms. The quantitative estimate of drug-likeness (QED) is 0.785. The SMILES string of the molecule is CC(C#N)(CCN1CCC(N2CCOCC2)C1)NC1CC1. The number of morpholine rings is 1. The van der Waals surface area contributed by atoms with Gasteiger partial charge in [-0.05, 0) is 39.2 Å². The van der Waals surface area contributed by atoms with Crippen LogP contribution in [0.5, 0.6) is 0 Å². The van der Waals surface area contributed by atoms with E-state index < -0.39 is 0 Å². The molecule has 3 fully saturated rings. The summed E-state index contributed by atoms with van der Waals surface area (Å²) in [6.07, 6.45) is 4.66. The number of hydrogen-bond acceptors (Lipinski definition) is 5.